The Morgan fingerprint density at radius 2 is 2.08 bits per heavy atom. The van der Waals surface area contributed by atoms with Crippen LogP contribution in [0, 0.1) is 0 Å². The van der Waals surface area contributed by atoms with Crippen LogP contribution in [0.4, 0.5) is 5.82 Å². The zero-order valence-electron chi connectivity index (χ0n) is 13.9. The molecule has 0 amide bonds. The van der Waals surface area contributed by atoms with Crippen molar-refractivity contribution in [1.82, 2.24) is 14.5 Å². The lowest BCUT2D eigenvalue weighted by atomic mass is 9.79. The van der Waals surface area contributed by atoms with E-state index < -0.39 is 0 Å². The van der Waals surface area contributed by atoms with Gasteiger partial charge in [0.15, 0.2) is 0 Å². The van der Waals surface area contributed by atoms with E-state index in [4.69, 9.17) is 4.98 Å². The molecule has 2 heterocycles. The minimum Gasteiger partial charge on any atom is -0.367 e. The van der Waals surface area contributed by atoms with Crippen LogP contribution in [0.3, 0.4) is 0 Å². The first-order chi connectivity index (χ1) is 11.8. The van der Waals surface area contributed by atoms with E-state index in [1.54, 1.807) is 12.5 Å². The summed E-state index contributed by atoms with van der Waals surface area (Å²) in [6.45, 7) is 2.26. The number of nitrogens with zero attached hydrogens (tertiary/aromatic N) is 3. The second-order valence-corrected chi connectivity index (χ2v) is 6.48. The first-order valence-corrected chi connectivity index (χ1v) is 8.61. The van der Waals surface area contributed by atoms with Crippen LogP contribution in [-0.4, -0.2) is 20.6 Å². The van der Waals surface area contributed by atoms with Gasteiger partial charge in [0, 0.05) is 24.4 Å². The number of anilines is 1. The second-order valence-electron chi connectivity index (χ2n) is 6.48. The Labute approximate surface area is 142 Å². The molecule has 0 spiro atoms. The fraction of sp³-hybridized carbons (Fsp3) is 0.300. The fourth-order valence-corrected chi connectivity index (χ4v) is 3.69. The molecule has 122 valence electrons. The van der Waals surface area contributed by atoms with Gasteiger partial charge in [-0.05, 0) is 49.4 Å². The lowest BCUT2D eigenvalue weighted by Gasteiger charge is -2.31. The Morgan fingerprint density at radius 3 is 2.96 bits per heavy atom. The summed E-state index contributed by atoms with van der Waals surface area (Å²) in [5.41, 5.74) is 3.00. The third kappa shape index (κ3) is 2.92. The summed E-state index contributed by atoms with van der Waals surface area (Å²) in [4.78, 5) is 8.81. The molecule has 3 aromatic rings. The van der Waals surface area contributed by atoms with Crippen LogP contribution in [0.15, 0.2) is 61.2 Å². The quantitative estimate of drug-likeness (QED) is 0.784. The van der Waals surface area contributed by atoms with Crippen molar-refractivity contribution in [1.29, 1.82) is 0 Å². The van der Waals surface area contributed by atoms with Crippen molar-refractivity contribution in [3.63, 3.8) is 0 Å². The van der Waals surface area contributed by atoms with E-state index in [2.05, 4.69) is 41.5 Å². The van der Waals surface area contributed by atoms with E-state index in [9.17, 15) is 0 Å². The maximum Gasteiger partial charge on any atom is 0.140 e. The summed E-state index contributed by atoms with van der Waals surface area (Å²) in [7, 11) is 0. The molecule has 4 nitrogen and oxygen atoms in total. The first-order valence-electron chi connectivity index (χ1n) is 8.61. The third-order valence-corrected chi connectivity index (χ3v) is 4.90. The van der Waals surface area contributed by atoms with Gasteiger partial charge in [0.1, 0.15) is 18.0 Å². The summed E-state index contributed by atoms with van der Waals surface area (Å²) >= 11 is 0. The van der Waals surface area contributed by atoms with Crippen LogP contribution in [0.1, 0.15) is 36.8 Å². The lowest BCUT2D eigenvalue weighted by Crippen LogP contribution is -2.27. The molecule has 4 rings (SSSR count). The Hall–Kier alpha value is -2.62. The molecule has 2 aromatic heterocycles. The topological polar surface area (TPSA) is 42.7 Å². The molecule has 1 aliphatic carbocycles. The van der Waals surface area contributed by atoms with E-state index in [0.29, 0.717) is 12.0 Å². The molecule has 24 heavy (non-hydrogen) atoms. The van der Waals surface area contributed by atoms with Crippen LogP contribution < -0.4 is 5.32 Å². The van der Waals surface area contributed by atoms with E-state index in [1.165, 1.54) is 30.4 Å². The van der Waals surface area contributed by atoms with E-state index in [0.717, 1.165) is 11.6 Å². The van der Waals surface area contributed by atoms with Crippen molar-refractivity contribution < 1.29 is 0 Å². The number of fused-ring (bicyclic) bond motifs is 1. The van der Waals surface area contributed by atoms with Crippen molar-refractivity contribution in [2.24, 2.45) is 0 Å². The molecule has 1 aromatic carbocycles. The standard InChI is InChI=1S/C20H22N4/c1-15(17-9-4-7-16-6-2-3-8-18(16)17)22-19-10-5-11-20(23-19)24-13-12-21-14-24/h2-3,5-6,8,10-15,17H,4,7,9H2,1H3,(H,22,23)/t15-,17?/m1/s1. The molecule has 0 radical (unpaired) electrons. The minimum atomic E-state index is 0.344. The van der Waals surface area contributed by atoms with Gasteiger partial charge < -0.3 is 5.32 Å². The van der Waals surface area contributed by atoms with Gasteiger partial charge in [-0.25, -0.2) is 9.97 Å². The minimum absolute atomic E-state index is 0.344. The van der Waals surface area contributed by atoms with Crippen molar-refractivity contribution in [2.75, 3.05) is 5.32 Å². The van der Waals surface area contributed by atoms with Gasteiger partial charge in [0.2, 0.25) is 0 Å². The highest BCUT2D eigenvalue weighted by atomic mass is 15.1. The van der Waals surface area contributed by atoms with Gasteiger partial charge in [-0.3, -0.25) is 4.57 Å². The number of hydrogen-bond acceptors (Lipinski definition) is 3. The molecule has 0 saturated carbocycles. The highest BCUT2D eigenvalue weighted by Gasteiger charge is 2.25. The van der Waals surface area contributed by atoms with Gasteiger partial charge in [-0.2, -0.15) is 0 Å². The highest BCUT2D eigenvalue weighted by Crippen LogP contribution is 2.34. The predicted molar refractivity (Wildman–Crippen MR) is 96.6 cm³/mol. The molecule has 0 aliphatic heterocycles. The smallest absolute Gasteiger partial charge is 0.140 e. The molecule has 0 fully saturated rings. The summed E-state index contributed by atoms with van der Waals surface area (Å²) in [5, 5.41) is 3.61. The van der Waals surface area contributed by atoms with Gasteiger partial charge >= 0.3 is 0 Å². The van der Waals surface area contributed by atoms with E-state index >= 15 is 0 Å². The summed E-state index contributed by atoms with van der Waals surface area (Å²) in [6, 6.07) is 15.3. The number of aryl methyl sites for hydroxylation is 1. The molecule has 4 heteroatoms. The number of hydrogen-bond donors (Lipinski definition) is 1. The summed E-state index contributed by atoms with van der Waals surface area (Å²) in [5.74, 6) is 2.33. The molecule has 1 unspecified atom stereocenters. The fourth-order valence-electron chi connectivity index (χ4n) is 3.69. The van der Waals surface area contributed by atoms with Crippen LogP contribution in [0.25, 0.3) is 5.82 Å². The number of aromatic nitrogens is 3. The van der Waals surface area contributed by atoms with Crippen molar-refractivity contribution in [3.05, 3.63) is 72.3 Å². The Kier molecular flexibility index (Phi) is 4.03. The third-order valence-electron chi connectivity index (χ3n) is 4.90. The Bertz CT molecular complexity index is 810. The molecular formula is C20H22N4. The average Bonchev–Trinajstić information content (AvgIpc) is 3.16. The van der Waals surface area contributed by atoms with Crippen LogP contribution >= 0.6 is 0 Å². The van der Waals surface area contributed by atoms with E-state index in [1.807, 2.05) is 29.0 Å². The van der Waals surface area contributed by atoms with E-state index in [-0.39, 0.29) is 0 Å². The van der Waals surface area contributed by atoms with Crippen molar-refractivity contribution >= 4 is 5.82 Å². The second kappa shape index (κ2) is 6.48. The molecule has 0 saturated heterocycles. The van der Waals surface area contributed by atoms with Gasteiger partial charge in [0.25, 0.3) is 0 Å². The molecule has 0 bridgehead atoms. The Morgan fingerprint density at radius 1 is 1.17 bits per heavy atom. The molecular weight excluding hydrogens is 296 g/mol. The molecule has 1 N–H and O–H groups in total. The number of imidazole rings is 1. The van der Waals surface area contributed by atoms with Gasteiger partial charge in [0.05, 0.1) is 0 Å². The van der Waals surface area contributed by atoms with Crippen LogP contribution in [0.5, 0.6) is 0 Å². The largest absolute Gasteiger partial charge is 0.367 e. The number of pyridine rings is 1. The highest BCUT2D eigenvalue weighted by molar-refractivity contribution is 5.42. The molecule has 2 atom stereocenters. The monoisotopic (exact) mass is 318 g/mol. The normalized spacial score (nSPS) is 18.0. The zero-order valence-corrected chi connectivity index (χ0v) is 13.9. The maximum atomic E-state index is 4.72. The lowest BCUT2D eigenvalue weighted by molar-refractivity contribution is 0.503. The summed E-state index contributed by atoms with van der Waals surface area (Å²) < 4.78 is 1.92. The van der Waals surface area contributed by atoms with Crippen LogP contribution in [0.2, 0.25) is 0 Å². The predicted octanol–water partition coefficient (Wildman–Crippen LogP) is 4.19. The van der Waals surface area contributed by atoms with Gasteiger partial charge in [-0.15, -0.1) is 0 Å². The summed E-state index contributed by atoms with van der Waals surface area (Å²) in [6.07, 6.45) is 9.14. The Balaban J connectivity index is 1.55. The number of rotatable bonds is 4. The van der Waals surface area contributed by atoms with Crippen molar-refractivity contribution in [3.8, 4) is 5.82 Å². The van der Waals surface area contributed by atoms with Crippen molar-refractivity contribution in [2.45, 2.75) is 38.1 Å². The van der Waals surface area contributed by atoms with Gasteiger partial charge in [-0.1, -0.05) is 30.3 Å². The first kappa shape index (κ1) is 14.9. The molecule has 1 aliphatic rings. The average molecular weight is 318 g/mol. The zero-order chi connectivity index (χ0) is 16.4. The number of nitrogens with one attached hydrogen (secondary N) is 1. The SMILES string of the molecule is C[C@@H](Nc1cccc(-n2ccnc2)n1)C1CCCc2ccccc21. The maximum absolute atomic E-state index is 4.72. The van der Waals surface area contributed by atoms with Crippen LogP contribution in [-0.2, 0) is 6.42 Å². The number of benzene rings is 1.